The van der Waals surface area contributed by atoms with Crippen molar-refractivity contribution in [1.82, 2.24) is 4.98 Å². The number of rotatable bonds is 3. The molecule has 0 saturated carbocycles. The lowest BCUT2D eigenvalue weighted by atomic mass is 10.1. The molecule has 21 heavy (non-hydrogen) atoms. The molecule has 0 aliphatic rings. The van der Waals surface area contributed by atoms with Crippen molar-refractivity contribution in [3.8, 4) is 6.07 Å². The third-order valence-electron chi connectivity index (χ3n) is 2.60. The highest BCUT2D eigenvalue weighted by Crippen LogP contribution is 2.23. The van der Waals surface area contributed by atoms with Crippen molar-refractivity contribution >= 4 is 29.2 Å². The zero-order valence-electron chi connectivity index (χ0n) is 10.5. The first-order valence-electron chi connectivity index (χ1n) is 5.72. The summed E-state index contributed by atoms with van der Waals surface area (Å²) in [5, 5.41) is 20.5. The van der Waals surface area contributed by atoms with Gasteiger partial charge in [0.1, 0.15) is 5.69 Å². The molecule has 0 aliphatic carbocycles. The van der Waals surface area contributed by atoms with E-state index < -0.39 is 11.9 Å². The van der Waals surface area contributed by atoms with Gasteiger partial charge in [-0.1, -0.05) is 11.6 Å². The topological polar surface area (TPSA) is 103 Å². The first kappa shape index (κ1) is 14.5. The van der Waals surface area contributed by atoms with Gasteiger partial charge in [0.25, 0.3) is 5.91 Å². The second-order valence-electron chi connectivity index (χ2n) is 3.97. The van der Waals surface area contributed by atoms with Crippen LogP contribution < -0.4 is 5.32 Å². The molecule has 2 aromatic rings. The molecule has 1 heterocycles. The Bertz CT molecular complexity index is 768. The number of pyridine rings is 1. The number of carboxylic acids is 1. The summed E-state index contributed by atoms with van der Waals surface area (Å²) >= 11 is 5.93. The summed E-state index contributed by atoms with van der Waals surface area (Å²) in [6.07, 6.45) is 1.31. The van der Waals surface area contributed by atoms with Gasteiger partial charge in [-0.05, 0) is 30.3 Å². The van der Waals surface area contributed by atoms with E-state index in [1.165, 1.54) is 36.5 Å². The van der Waals surface area contributed by atoms with Crippen LogP contribution in [0.2, 0.25) is 5.02 Å². The Labute approximate surface area is 124 Å². The van der Waals surface area contributed by atoms with Gasteiger partial charge in [0, 0.05) is 6.20 Å². The lowest BCUT2D eigenvalue weighted by molar-refractivity contribution is 0.0691. The SMILES string of the molecule is N#Cc1ccc(Cl)c(NC(=O)c2ncccc2C(=O)O)c1. The van der Waals surface area contributed by atoms with Crippen molar-refractivity contribution in [2.24, 2.45) is 0 Å². The summed E-state index contributed by atoms with van der Waals surface area (Å²) in [6.45, 7) is 0. The van der Waals surface area contributed by atoms with Crippen molar-refractivity contribution in [1.29, 1.82) is 5.26 Å². The maximum absolute atomic E-state index is 12.1. The summed E-state index contributed by atoms with van der Waals surface area (Å²) in [6, 6.07) is 8.97. The number of aromatic nitrogens is 1. The molecule has 1 aromatic carbocycles. The highest BCUT2D eigenvalue weighted by Gasteiger charge is 2.18. The van der Waals surface area contributed by atoms with Crippen molar-refractivity contribution in [2.75, 3.05) is 5.32 Å². The molecule has 0 saturated heterocycles. The maximum atomic E-state index is 12.1. The predicted octanol–water partition coefficient (Wildman–Crippen LogP) is 2.56. The maximum Gasteiger partial charge on any atom is 0.338 e. The normalized spacial score (nSPS) is 9.71. The van der Waals surface area contributed by atoms with E-state index in [1.54, 1.807) is 0 Å². The largest absolute Gasteiger partial charge is 0.478 e. The molecule has 0 spiro atoms. The molecule has 0 radical (unpaired) electrons. The van der Waals surface area contributed by atoms with Crippen molar-refractivity contribution in [2.45, 2.75) is 0 Å². The third-order valence-corrected chi connectivity index (χ3v) is 2.93. The molecule has 0 aliphatic heterocycles. The Morgan fingerprint density at radius 3 is 2.76 bits per heavy atom. The minimum atomic E-state index is -1.26. The van der Waals surface area contributed by atoms with Crippen LogP contribution in [0.3, 0.4) is 0 Å². The quantitative estimate of drug-likeness (QED) is 0.906. The van der Waals surface area contributed by atoms with Crippen LogP contribution >= 0.6 is 11.6 Å². The van der Waals surface area contributed by atoms with Crippen LogP contribution in [0.15, 0.2) is 36.5 Å². The number of halogens is 1. The van der Waals surface area contributed by atoms with E-state index in [2.05, 4.69) is 10.3 Å². The molecule has 104 valence electrons. The summed E-state index contributed by atoms with van der Waals surface area (Å²) < 4.78 is 0. The molecule has 0 bridgehead atoms. The third kappa shape index (κ3) is 3.16. The van der Waals surface area contributed by atoms with E-state index in [-0.39, 0.29) is 22.0 Å². The number of carboxylic acid groups (broad SMARTS) is 1. The number of carbonyl (C=O) groups is 2. The number of nitrogens with zero attached hydrogens (tertiary/aromatic N) is 2. The number of carbonyl (C=O) groups excluding carboxylic acids is 1. The van der Waals surface area contributed by atoms with Gasteiger partial charge >= 0.3 is 5.97 Å². The van der Waals surface area contributed by atoms with Gasteiger partial charge in [-0.15, -0.1) is 0 Å². The standard InChI is InChI=1S/C14H8ClN3O3/c15-10-4-3-8(7-16)6-11(10)18-13(19)12-9(14(20)21)2-1-5-17-12/h1-6H,(H,18,19)(H,20,21). The lowest BCUT2D eigenvalue weighted by Gasteiger charge is -2.08. The molecule has 2 N–H and O–H groups in total. The van der Waals surface area contributed by atoms with Crippen LogP contribution in [0, 0.1) is 11.3 Å². The van der Waals surface area contributed by atoms with Crippen LogP contribution in [0.1, 0.15) is 26.4 Å². The average Bonchev–Trinajstić information content (AvgIpc) is 2.49. The van der Waals surface area contributed by atoms with Crippen molar-refractivity contribution in [3.05, 3.63) is 58.4 Å². The smallest absolute Gasteiger partial charge is 0.338 e. The van der Waals surface area contributed by atoms with E-state index in [1.807, 2.05) is 6.07 Å². The average molecular weight is 302 g/mol. The summed E-state index contributed by atoms with van der Waals surface area (Å²) in [5.41, 5.74) is 0.0721. The second kappa shape index (κ2) is 6.03. The van der Waals surface area contributed by atoms with Gasteiger partial charge in [0.2, 0.25) is 0 Å². The molecule has 0 unspecified atom stereocenters. The van der Waals surface area contributed by atoms with E-state index in [4.69, 9.17) is 22.0 Å². The van der Waals surface area contributed by atoms with Crippen LogP contribution in [-0.2, 0) is 0 Å². The Balaban J connectivity index is 2.35. The van der Waals surface area contributed by atoms with Crippen LogP contribution in [0.25, 0.3) is 0 Å². The number of hydrogen-bond acceptors (Lipinski definition) is 4. The molecule has 7 heteroatoms. The molecular formula is C14H8ClN3O3. The van der Waals surface area contributed by atoms with Crippen molar-refractivity contribution in [3.63, 3.8) is 0 Å². The minimum Gasteiger partial charge on any atom is -0.478 e. The second-order valence-corrected chi connectivity index (χ2v) is 4.37. The van der Waals surface area contributed by atoms with Gasteiger partial charge in [-0.3, -0.25) is 9.78 Å². The number of nitriles is 1. The Morgan fingerprint density at radius 2 is 2.10 bits per heavy atom. The fourth-order valence-corrected chi connectivity index (χ4v) is 1.80. The Kier molecular flexibility index (Phi) is 4.16. The molecule has 1 aromatic heterocycles. The Morgan fingerprint density at radius 1 is 1.33 bits per heavy atom. The lowest BCUT2D eigenvalue weighted by Crippen LogP contribution is -2.18. The number of anilines is 1. The van der Waals surface area contributed by atoms with Crippen molar-refractivity contribution < 1.29 is 14.7 Å². The molecule has 2 rings (SSSR count). The first-order valence-corrected chi connectivity index (χ1v) is 6.10. The zero-order valence-corrected chi connectivity index (χ0v) is 11.3. The van der Waals surface area contributed by atoms with E-state index in [9.17, 15) is 9.59 Å². The zero-order chi connectivity index (χ0) is 15.4. The highest BCUT2D eigenvalue weighted by molar-refractivity contribution is 6.34. The number of aromatic carboxylic acids is 1. The molecule has 0 fully saturated rings. The summed E-state index contributed by atoms with van der Waals surface area (Å²) in [5.74, 6) is -1.98. The Hall–Kier alpha value is -2.91. The number of nitrogens with one attached hydrogen (secondary N) is 1. The monoisotopic (exact) mass is 301 g/mol. The minimum absolute atomic E-state index is 0.211. The first-order chi connectivity index (χ1) is 10.0. The van der Waals surface area contributed by atoms with Gasteiger partial charge in [0.15, 0.2) is 0 Å². The fraction of sp³-hybridized carbons (Fsp3) is 0. The molecule has 6 nitrogen and oxygen atoms in total. The van der Waals surface area contributed by atoms with Crippen LogP contribution in [0.4, 0.5) is 5.69 Å². The fourth-order valence-electron chi connectivity index (χ4n) is 1.63. The number of hydrogen-bond donors (Lipinski definition) is 2. The highest BCUT2D eigenvalue weighted by atomic mass is 35.5. The molecule has 0 atom stereocenters. The number of benzene rings is 1. The number of amides is 1. The molecular weight excluding hydrogens is 294 g/mol. The van der Waals surface area contributed by atoms with E-state index >= 15 is 0 Å². The van der Waals surface area contributed by atoms with Crippen LogP contribution in [0.5, 0.6) is 0 Å². The predicted molar refractivity (Wildman–Crippen MR) is 75.3 cm³/mol. The summed E-state index contributed by atoms with van der Waals surface area (Å²) in [4.78, 5) is 26.9. The van der Waals surface area contributed by atoms with E-state index in [0.717, 1.165) is 0 Å². The van der Waals surface area contributed by atoms with Gasteiger partial charge in [-0.2, -0.15) is 5.26 Å². The van der Waals surface area contributed by atoms with E-state index in [0.29, 0.717) is 5.56 Å². The van der Waals surface area contributed by atoms with Gasteiger partial charge in [0.05, 0.1) is 27.9 Å². The van der Waals surface area contributed by atoms with Gasteiger partial charge in [-0.25, -0.2) is 4.79 Å². The van der Waals surface area contributed by atoms with Crippen LogP contribution in [-0.4, -0.2) is 22.0 Å². The summed E-state index contributed by atoms with van der Waals surface area (Å²) in [7, 11) is 0. The van der Waals surface area contributed by atoms with Gasteiger partial charge < -0.3 is 10.4 Å². The molecule has 1 amide bonds.